The number of rotatable bonds is 11. The summed E-state index contributed by atoms with van der Waals surface area (Å²) in [6.07, 6.45) is 0. The Labute approximate surface area is 254 Å². The maximum Gasteiger partial charge on any atom is 1.00 e. The van der Waals surface area contributed by atoms with E-state index in [0.29, 0.717) is 35.9 Å². The number of anilines is 2. The molecule has 0 saturated carbocycles. The average Bonchev–Trinajstić information content (AvgIpc) is 2.89. The summed E-state index contributed by atoms with van der Waals surface area (Å²) in [7, 11) is -4.60. The number of aryl methyl sites for hydroxylation is 2. The summed E-state index contributed by atoms with van der Waals surface area (Å²) >= 11 is 0. The zero-order valence-corrected chi connectivity index (χ0v) is 25.4. The fourth-order valence-corrected chi connectivity index (χ4v) is 3.94. The summed E-state index contributed by atoms with van der Waals surface area (Å²) in [6.45, 7) is 6.12. The Morgan fingerprint density at radius 3 is 2.33 bits per heavy atom. The van der Waals surface area contributed by atoms with E-state index in [1.54, 1.807) is 32.9 Å². The van der Waals surface area contributed by atoms with Gasteiger partial charge in [0.25, 0.3) is 0 Å². The van der Waals surface area contributed by atoms with E-state index in [1.165, 1.54) is 18.2 Å². The molecule has 0 amide bonds. The van der Waals surface area contributed by atoms with Crippen molar-refractivity contribution in [3.8, 4) is 6.07 Å². The summed E-state index contributed by atoms with van der Waals surface area (Å²) in [5.74, 6) is 0.398. The molecule has 0 fully saturated rings. The molecular weight excluding hydrogens is 547 g/mol. The van der Waals surface area contributed by atoms with Crippen LogP contribution in [0.15, 0.2) is 61.8 Å². The first-order valence-corrected chi connectivity index (χ1v) is 13.1. The van der Waals surface area contributed by atoms with Crippen molar-refractivity contribution in [2.45, 2.75) is 25.7 Å². The van der Waals surface area contributed by atoms with Gasteiger partial charge >= 0.3 is 29.6 Å². The Balaban J connectivity index is 0.00000560. The van der Waals surface area contributed by atoms with E-state index in [-0.39, 0.29) is 70.4 Å². The van der Waals surface area contributed by atoms with Crippen molar-refractivity contribution < 1.29 is 52.4 Å². The molecule has 40 heavy (non-hydrogen) atoms. The van der Waals surface area contributed by atoms with E-state index in [4.69, 9.17) is 15.6 Å². The third-order valence-corrected chi connectivity index (χ3v) is 6.31. The van der Waals surface area contributed by atoms with Crippen LogP contribution in [0.3, 0.4) is 0 Å². The Hall–Kier alpha value is -3.29. The number of aromatic nitrogens is 1. The molecule has 3 rings (SSSR count). The summed E-state index contributed by atoms with van der Waals surface area (Å²) < 4.78 is 38.9. The van der Waals surface area contributed by atoms with Gasteiger partial charge in [-0.2, -0.15) is 20.6 Å². The van der Waals surface area contributed by atoms with Crippen molar-refractivity contribution in [2.24, 2.45) is 20.5 Å². The molecule has 0 atom stereocenters. The predicted octanol–water partition coefficient (Wildman–Crippen LogP) is 1.62. The number of benzene rings is 2. The van der Waals surface area contributed by atoms with Gasteiger partial charge < -0.3 is 25.4 Å². The normalized spacial score (nSPS) is 11.5. The first kappa shape index (κ1) is 32.9. The summed E-state index contributed by atoms with van der Waals surface area (Å²) in [4.78, 5) is 3.88. The minimum atomic E-state index is -4.60. The van der Waals surface area contributed by atoms with Gasteiger partial charge in [-0.15, -0.1) is 5.11 Å². The number of azo groups is 2. The number of hydrogen-bond donors (Lipinski definition) is 3. The molecule has 0 unspecified atom stereocenters. The Kier molecular flexibility index (Phi) is 12.3. The summed E-state index contributed by atoms with van der Waals surface area (Å²) in [5.41, 5.74) is 9.88. The second kappa shape index (κ2) is 14.9. The maximum absolute atomic E-state index is 11.2. The van der Waals surface area contributed by atoms with Gasteiger partial charge in [-0.1, -0.05) is 6.07 Å². The zero-order chi connectivity index (χ0) is 28.6. The molecule has 0 aliphatic heterocycles. The SMILES string of the molecule is Cc1cc(N=Nc2c(N)nc(NCCOCCO)c(C#N)c2C)c(C)cc1N=Nc1cccc(S(=O)(=O)[O-])c1.[Na+]. The Morgan fingerprint density at radius 1 is 1.07 bits per heavy atom. The summed E-state index contributed by atoms with van der Waals surface area (Å²) in [5, 5.41) is 38.3. The minimum absolute atomic E-state index is 0. The number of aliphatic hydroxyl groups is 1. The van der Waals surface area contributed by atoms with Crippen molar-refractivity contribution in [1.82, 2.24) is 4.98 Å². The van der Waals surface area contributed by atoms with Crippen LogP contribution >= 0.6 is 0 Å². The molecule has 2 aromatic carbocycles. The van der Waals surface area contributed by atoms with Crippen LogP contribution in [0.25, 0.3) is 0 Å². The molecule has 3 aromatic rings. The fourth-order valence-electron chi connectivity index (χ4n) is 3.43. The van der Waals surface area contributed by atoms with Gasteiger partial charge in [0.2, 0.25) is 0 Å². The quantitative estimate of drug-likeness (QED) is 0.131. The number of pyridine rings is 1. The van der Waals surface area contributed by atoms with Crippen LogP contribution in [0.2, 0.25) is 0 Å². The second-order valence-corrected chi connectivity index (χ2v) is 9.73. The first-order chi connectivity index (χ1) is 18.5. The van der Waals surface area contributed by atoms with Crippen LogP contribution in [0, 0.1) is 32.1 Å². The van der Waals surface area contributed by atoms with Crippen molar-refractivity contribution in [3.05, 3.63) is 58.7 Å². The molecule has 13 nitrogen and oxygen atoms in total. The van der Waals surface area contributed by atoms with Crippen molar-refractivity contribution in [2.75, 3.05) is 37.4 Å². The molecule has 1 aromatic heterocycles. The van der Waals surface area contributed by atoms with Crippen LogP contribution < -0.4 is 40.6 Å². The third kappa shape index (κ3) is 8.60. The van der Waals surface area contributed by atoms with Crippen LogP contribution in [0.5, 0.6) is 0 Å². The van der Waals surface area contributed by atoms with Gasteiger partial charge in [0.15, 0.2) is 5.82 Å². The first-order valence-electron chi connectivity index (χ1n) is 11.7. The molecule has 0 aliphatic carbocycles. The zero-order valence-electron chi connectivity index (χ0n) is 22.5. The number of ether oxygens (including phenoxy) is 1. The molecule has 1 heterocycles. The van der Waals surface area contributed by atoms with E-state index >= 15 is 0 Å². The number of hydrogen-bond acceptors (Lipinski definition) is 13. The van der Waals surface area contributed by atoms with E-state index in [9.17, 15) is 18.2 Å². The third-order valence-electron chi connectivity index (χ3n) is 5.48. The number of nitrogen functional groups attached to an aromatic ring is 1. The van der Waals surface area contributed by atoms with Crippen LogP contribution in [-0.4, -0.2) is 49.4 Å². The second-order valence-electron chi connectivity index (χ2n) is 8.35. The van der Waals surface area contributed by atoms with Gasteiger partial charge in [-0.3, -0.25) is 0 Å². The summed E-state index contributed by atoms with van der Waals surface area (Å²) in [6, 6.07) is 10.9. The molecule has 4 N–H and O–H groups in total. The average molecular weight is 575 g/mol. The smallest absolute Gasteiger partial charge is 0.744 e. The van der Waals surface area contributed by atoms with Gasteiger partial charge in [-0.25, -0.2) is 13.4 Å². The van der Waals surface area contributed by atoms with Gasteiger partial charge in [-0.05, 0) is 62.2 Å². The molecule has 0 bridgehead atoms. The van der Waals surface area contributed by atoms with E-state index in [1.807, 2.05) is 0 Å². The maximum atomic E-state index is 11.2. The van der Waals surface area contributed by atoms with Gasteiger partial charge in [0.1, 0.15) is 27.7 Å². The standard InChI is InChI=1S/C25H28N8O5S.Na/c1-15-12-22(16(2)11-21(15)31-30-18-5-4-6-19(13-18)39(35,36)37)32-33-23-17(3)20(14-26)25(29-24(23)27)28-7-9-38-10-8-34;/h4-6,11-13,34H,7-10H2,1-3H3,(H3,27,28,29)(H,35,36,37);/q;+1/p-1. The van der Waals surface area contributed by atoms with Crippen LogP contribution in [0.1, 0.15) is 22.3 Å². The molecule has 0 radical (unpaired) electrons. The molecule has 15 heteroatoms. The van der Waals surface area contributed by atoms with Crippen LogP contribution in [-0.2, 0) is 14.9 Å². The largest absolute Gasteiger partial charge is 1.00 e. The molecule has 204 valence electrons. The van der Waals surface area contributed by atoms with E-state index in [2.05, 4.69) is 36.8 Å². The molecular formula is C25H27N8NaO5S. The topological polar surface area (TPSA) is 211 Å². The van der Waals surface area contributed by atoms with Crippen molar-refractivity contribution in [3.63, 3.8) is 0 Å². The van der Waals surface area contributed by atoms with E-state index in [0.717, 1.165) is 17.2 Å². The number of nitrogens with one attached hydrogen (secondary N) is 1. The fraction of sp³-hybridized carbons (Fsp3) is 0.280. The van der Waals surface area contributed by atoms with E-state index < -0.39 is 10.1 Å². The molecule has 0 saturated heterocycles. The number of nitrogens with zero attached hydrogens (tertiary/aromatic N) is 6. The molecule has 0 aliphatic rings. The van der Waals surface area contributed by atoms with Gasteiger partial charge in [0.05, 0.1) is 47.3 Å². The number of nitrogens with two attached hydrogens (primary N) is 1. The monoisotopic (exact) mass is 574 g/mol. The Morgan fingerprint density at radius 2 is 1.73 bits per heavy atom. The van der Waals surface area contributed by atoms with Crippen molar-refractivity contribution >= 4 is 44.5 Å². The number of nitriles is 1. The Bertz CT molecular complexity index is 1570. The van der Waals surface area contributed by atoms with Crippen molar-refractivity contribution in [1.29, 1.82) is 5.26 Å². The predicted molar refractivity (Wildman–Crippen MR) is 143 cm³/mol. The van der Waals surface area contributed by atoms with Gasteiger partial charge in [0, 0.05) is 12.1 Å². The number of aliphatic hydroxyl groups excluding tert-OH is 1. The molecule has 0 spiro atoms. The minimum Gasteiger partial charge on any atom is -0.744 e. The van der Waals surface area contributed by atoms with Crippen LogP contribution in [0.4, 0.5) is 34.4 Å².